The molecule has 0 unspecified atom stereocenters. The van der Waals surface area contributed by atoms with Gasteiger partial charge in [0.05, 0.1) is 17.6 Å². The fourth-order valence-electron chi connectivity index (χ4n) is 2.53. The summed E-state index contributed by atoms with van der Waals surface area (Å²) in [4.78, 5) is 22.2. The molecule has 2 aromatic carbocycles. The zero-order valence-electron chi connectivity index (χ0n) is 12.0. The Labute approximate surface area is 131 Å². The van der Waals surface area contributed by atoms with Crippen molar-refractivity contribution >= 4 is 11.6 Å². The van der Waals surface area contributed by atoms with Gasteiger partial charge < -0.3 is 10.1 Å². The molecule has 2 aromatic rings. The van der Waals surface area contributed by atoms with E-state index >= 15 is 0 Å². The van der Waals surface area contributed by atoms with E-state index < -0.39 is 22.3 Å². The van der Waals surface area contributed by atoms with Crippen LogP contribution in [-0.2, 0) is 0 Å². The number of nitro benzene ring substituents is 1. The Hall–Kier alpha value is -2.96. The third-order valence-electron chi connectivity index (χ3n) is 3.67. The van der Waals surface area contributed by atoms with Crippen molar-refractivity contribution in [2.24, 2.45) is 0 Å². The standard InChI is InChI=1S/C16H13FN2O4/c17-12-6-5-10(9-14(12)19(21)22)16(20)18-13-7-8-23-15-4-2-1-3-11(13)15/h1-6,9,13H,7-8H2,(H,18,20)/t13-/m1/s1. The van der Waals surface area contributed by atoms with Gasteiger partial charge in [-0.25, -0.2) is 0 Å². The fraction of sp³-hybridized carbons (Fsp3) is 0.188. The molecule has 0 saturated carbocycles. The van der Waals surface area contributed by atoms with Crippen molar-refractivity contribution in [3.8, 4) is 5.75 Å². The number of hydrogen-bond donors (Lipinski definition) is 1. The SMILES string of the molecule is O=C(N[C@@H]1CCOc2ccccc21)c1ccc(F)c([N+](=O)[O-])c1. The van der Waals surface area contributed by atoms with E-state index in [1.807, 2.05) is 24.3 Å². The quantitative estimate of drug-likeness (QED) is 0.697. The minimum Gasteiger partial charge on any atom is -0.493 e. The molecule has 1 N–H and O–H groups in total. The lowest BCUT2D eigenvalue weighted by atomic mass is 10.00. The Morgan fingerprint density at radius 2 is 2.09 bits per heavy atom. The van der Waals surface area contributed by atoms with Crippen molar-refractivity contribution in [3.05, 3.63) is 69.5 Å². The highest BCUT2D eigenvalue weighted by Crippen LogP contribution is 2.31. The number of ether oxygens (including phenoxy) is 1. The topological polar surface area (TPSA) is 81.5 Å². The summed E-state index contributed by atoms with van der Waals surface area (Å²) in [5.41, 5.74) is 0.177. The number of carbonyl (C=O) groups excluding carboxylic acids is 1. The molecule has 6 nitrogen and oxygen atoms in total. The van der Waals surface area contributed by atoms with Gasteiger partial charge in [-0.05, 0) is 18.2 Å². The fourth-order valence-corrected chi connectivity index (χ4v) is 2.53. The highest BCUT2D eigenvalue weighted by Gasteiger charge is 2.24. The number of carbonyl (C=O) groups is 1. The smallest absolute Gasteiger partial charge is 0.305 e. The van der Waals surface area contributed by atoms with Crippen molar-refractivity contribution in [2.75, 3.05) is 6.61 Å². The molecule has 1 aliphatic heterocycles. The largest absolute Gasteiger partial charge is 0.493 e. The van der Waals surface area contributed by atoms with Crippen LogP contribution in [0.2, 0.25) is 0 Å². The lowest BCUT2D eigenvalue weighted by Crippen LogP contribution is -2.32. The van der Waals surface area contributed by atoms with Crippen molar-refractivity contribution in [3.63, 3.8) is 0 Å². The zero-order chi connectivity index (χ0) is 16.4. The van der Waals surface area contributed by atoms with Crippen LogP contribution in [0.25, 0.3) is 0 Å². The lowest BCUT2D eigenvalue weighted by Gasteiger charge is -2.26. The number of hydrogen-bond acceptors (Lipinski definition) is 4. The lowest BCUT2D eigenvalue weighted by molar-refractivity contribution is -0.387. The Morgan fingerprint density at radius 1 is 1.30 bits per heavy atom. The molecule has 23 heavy (non-hydrogen) atoms. The predicted molar refractivity (Wildman–Crippen MR) is 79.8 cm³/mol. The molecule has 1 atom stereocenters. The molecular formula is C16H13FN2O4. The van der Waals surface area contributed by atoms with Crippen LogP contribution < -0.4 is 10.1 Å². The number of nitrogens with zero attached hydrogens (tertiary/aromatic N) is 1. The number of fused-ring (bicyclic) bond motifs is 1. The molecule has 0 spiro atoms. The van der Waals surface area contributed by atoms with Gasteiger partial charge in [-0.1, -0.05) is 18.2 Å². The maximum absolute atomic E-state index is 13.3. The van der Waals surface area contributed by atoms with E-state index in [1.165, 1.54) is 6.07 Å². The monoisotopic (exact) mass is 316 g/mol. The van der Waals surface area contributed by atoms with Gasteiger partial charge in [0.2, 0.25) is 5.82 Å². The molecule has 0 radical (unpaired) electrons. The van der Waals surface area contributed by atoms with E-state index in [1.54, 1.807) is 0 Å². The van der Waals surface area contributed by atoms with Gasteiger partial charge in [-0.3, -0.25) is 14.9 Å². The summed E-state index contributed by atoms with van der Waals surface area (Å²) in [6, 6.07) is 10.2. The molecule has 3 rings (SSSR count). The van der Waals surface area contributed by atoms with Gasteiger partial charge in [0.25, 0.3) is 5.91 Å². The van der Waals surface area contributed by atoms with Gasteiger partial charge in [-0.2, -0.15) is 4.39 Å². The summed E-state index contributed by atoms with van der Waals surface area (Å²) >= 11 is 0. The van der Waals surface area contributed by atoms with E-state index in [9.17, 15) is 19.3 Å². The number of para-hydroxylation sites is 1. The summed E-state index contributed by atoms with van der Waals surface area (Å²) in [7, 11) is 0. The molecule has 0 aromatic heterocycles. The number of halogens is 1. The number of rotatable bonds is 3. The van der Waals surface area contributed by atoms with Crippen LogP contribution in [0.1, 0.15) is 28.4 Å². The van der Waals surface area contributed by atoms with Crippen LogP contribution >= 0.6 is 0 Å². The van der Waals surface area contributed by atoms with Crippen molar-refractivity contribution in [1.29, 1.82) is 0 Å². The molecule has 0 aliphatic carbocycles. The first-order valence-electron chi connectivity index (χ1n) is 7.03. The molecule has 0 bridgehead atoms. The van der Waals surface area contributed by atoms with E-state index in [-0.39, 0.29) is 11.6 Å². The number of nitro groups is 1. The summed E-state index contributed by atoms with van der Waals surface area (Å²) in [5, 5.41) is 13.6. The maximum atomic E-state index is 13.3. The van der Waals surface area contributed by atoms with Crippen LogP contribution in [0.5, 0.6) is 5.75 Å². The van der Waals surface area contributed by atoms with E-state index in [0.717, 1.165) is 17.7 Å². The first-order chi connectivity index (χ1) is 11.1. The van der Waals surface area contributed by atoms with E-state index in [2.05, 4.69) is 5.32 Å². The second-order valence-electron chi connectivity index (χ2n) is 5.12. The average Bonchev–Trinajstić information content (AvgIpc) is 2.55. The Balaban J connectivity index is 1.83. The third-order valence-corrected chi connectivity index (χ3v) is 3.67. The first-order valence-corrected chi connectivity index (χ1v) is 7.03. The van der Waals surface area contributed by atoms with Gasteiger partial charge in [0.1, 0.15) is 5.75 Å². The average molecular weight is 316 g/mol. The van der Waals surface area contributed by atoms with Gasteiger partial charge in [-0.15, -0.1) is 0 Å². The van der Waals surface area contributed by atoms with Crippen LogP contribution in [-0.4, -0.2) is 17.4 Å². The normalized spacial score (nSPS) is 16.1. The molecule has 0 saturated heterocycles. The number of amides is 1. The van der Waals surface area contributed by atoms with Crippen LogP contribution in [0.15, 0.2) is 42.5 Å². The van der Waals surface area contributed by atoms with E-state index in [4.69, 9.17) is 4.74 Å². The van der Waals surface area contributed by atoms with Crippen LogP contribution in [0.4, 0.5) is 10.1 Å². The predicted octanol–water partition coefficient (Wildman–Crippen LogP) is 2.99. The molecule has 118 valence electrons. The molecule has 1 amide bonds. The van der Waals surface area contributed by atoms with Crippen molar-refractivity contribution in [2.45, 2.75) is 12.5 Å². The van der Waals surface area contributed by atoms with Crippen molar-refractivity contribution < 1.29 is 18.8 Å². The molecular weight excluding hydrogens is 303 g/mol. The van der Waals surface area contributed by atoms with E-state index in [0.29, 0.717) is 18.8 Å². The van der Waals surface area contributed by atoms with Crippen LogP contribution in [0, 0.1) is 15.9 Å². The summed E-state index contributed by atoms with van der Waals surface area (Å²) in [6.07, 6.45) is 0.589. The Morgan fingerprint density at radius 3 is 2.87 bits per heavy atom. The highest BCUT2D eigenvalue weighted by molar-refractivity contribution is 5.95. The number of nitrogens with one attached hydrogen (secondary N) is 1. The minimum absolute atomic E-state index is 0.0436. The minimum atomic E-state index is -0.969. The highest BCUT2D eigenvalue weighted by atomic mass is 19.1. The first kappa shape index (κ1) is 15.0. The van der Waals surface area contributed by atoms with Crippen LogP contribution in [0.3, 0.4) is 0 Å². The van der Waals surface area contributed by atoms with Gasteiger partial charge in [0, 0.05) is 23.6 Å². The number of benzene rings is 2. The molecule has 1 aliphatic rings. The summed E-state index contributed by atoms with van der Waals surface area (Å²) < 4.78 is 18.9. The molecule has 0 fully saturated rings. The Bertz CT molecular complexity index is 778. The Kier molecular flexibility index (Phi) is 3.92. The maximum Gasteiger partial charge on any atom is 0.305 e. The third kappa shape index (κ3) is 2.98. The second kappa shape index (κ2) is 6.04. The molecule has 1 heterocycles. The second-order valence-corrected chi connectivity index (χ2v) is 5.12. The zero-order valence-corrected chi connectivity index (χ0v) is 12.0. The van der Waals surface area contributed by atoms with Gasteiger partial charge in [0.15, 0.2) is 0 Å². The summed E-state index contributed by atoms with van der Waals surface area (Å²) in [5.74, 6) is -0.757. The van der Waals surface area contributed by atoms with Gasteiger partial charge >= 0.3 is 5.69 Å². The molecule has 7 heteroatoms. The van der Waals surface area contributed by atoms with Crippen molar-refractivity contribution in [1.82, 2.24) is 5.32 Å². The summed E-state index contributed by atoms with van der Waals surface area (Å²) in [6.45, 7) is 0.464.